The zero-order valence-corrected chi connectivity index (χ0v) is 11.5. The Morgan fingerprint density at radius 1 is 1.24 bits per heavy atom. The molecule has 1 heterocycles. The maximum atomic E-state index is 5.96. The second-order valence-electron chi connectivity index (χ2n) is 5.09. The maximum absolute atomic E-state index is 5.96. The van der Waals surface area contributed by atoms with E-state index in [0.717, 1.165) is 17.9 Å². The van der Waals surface area contributed by atoms with E-state index in [1.807, 2.05) is 12.3 Å². The summed E-state index contributed by atoms with van der Waals surface area (Å²) in [5, 5.41) is 3.38. The third-order valence-corrected chi connectivity index (χ3v) is 2.81. The summed E-state index contributed by atoms with van der Waals surface area (Å²) >= 11 is 0. The summed E-state index contributed by atoms with van der Waals surface area (Å²) < 4.78 is 5.96. The lowest BCUT2D eigenvalue weighted by molar-refractivity contribution is 0.168. The first kappa shape index (κ1) is 14.0. The largest absolute Gasteiger partial charge is 0.490 e. The van der Waals surface area contributed by atoms with Crippen molar-refractivity contribution in [2.24, 2.45) is 5.92 Å². The van der Waals surface area contributed by atoms with Crippen molar-refractivity contribution in [2.75, 3.05) is 0 Å². The van der Waals surface area contributed by atoms with Gasteiger partial charge < -0.3 is 10.1 Å². The summed E-state index contributed by atoms with van der Waals surface area (Å²) in [6, 6.07) is 2.40. The Labute approximate surface area is 105 Å². The Morgan fingerprint density at radius 3 is 2.53 bits per heavy atom. The van der Waals surface area contributed by atoms with Crippen LogP contribution in [0.4, 0.5) is 0 Å². The lowest BCUT2D eigenvalue weighted by atomic mass is 10.1. The molecule has 0 aliphatic heterocycles. The summed E-state index contributed by atoms with van der Waals surface area (Å²) in [7, 11) is 0. The molecule has 1 aromatic rings. The number of hydrogen-bond acceptors (Lipinski definition) is 3. The molecule has 0 saturated heterocycles. The number of rotatable bonds is 6. The van der Waals surface area contributed by atoms with E-state index in [4.69, 9.17) is 4.74 Å². The highest BCUT2D eigenvalue weighted by atomic mass is 16.5. The van der Waals surface area contributed by atoms with Crippen molar-refractivity contribution in [2.45, 2.75) is 53.3 Å². The molecule has 0 aliphatic rings. The first-order valence-electron chi connectivity index (χ1n) is 6.33. The van der Waals surface area contributed by atoms with Gasteiger partial charge in [-0.2, -0.15) is 0 Å². The molecule has 1 unspecified atom stereocenters. The van der Waals surface area contributed by atoms with Crippen molar-refractivity contribution in [3.05, 3.63) is 24.0 Å². The van der Waals surface area contributed by atoms with E-state index in [1.165, 1.54) is 0 Å². The van der Waals surface area contributed by atoms with Crippen LogP contribution in [-0.4, -0.2) is 17.1 Å². The van der Waals surface area contributed by atoms with Crippen LogP contribution in [0.2, 0.25) is 0 Å². The molecule has 3 nitrogen and oxygen atoms in total. The van der Waals surface area contributed by atoms with Crippen LogP contribution in [0.5, 0.6) is 5.75 Å². The van der Waals surface area contributed by atoms with Crippen molar-refractivity contribution >= 4 is 0 Å². The van der Waals surface area contributed by atoms with Crippen molar-refractivity contribution in [1.82, 2.24) is 10.3 Å². The minimum absolute atomic E-state index is 0.218. The number of nitrogens with one attached hydrogen (secondary N) is 1. The van der Waals surface area contributed by atoms with Crippen LogP contribution in [0.3, 0.4) is 0 Å². The predicted molar refractivity (Wildman–Crippen MR) is 71.1 cm³/mol. The highest BCUT2D eigenvalue weighted by molar-refractivity contribution is 5.30. The smallest absolute Gasteiger partial charge is 0.127 e. The van der Waals surface area contributed by atoms with Gasteiger partial charge in [-0.05, 0) is 18.9 Å². The van der Waals surface area contributed by atoms with Crippen LogP contribution in [0.1, 0.15) is 40.2 Å². The zero-order chi connectivity index (χ0) is 12.8. The van der Waals surface area contributed by atoms with Crippen molar-refractivity contribution in [3.63, 3.8) is 0 Å². The Balaban J connectivity index is 2.70. The van der Waals surface area contributed by atoms with E-state index < -0.39 is 0 Å². The van der Waals surface area contributed by atoms with Gasteiger partial charge in [-0.3, -0.25) is 4.98 Å². The monoisotopic (exact) mass is 236 g/mol. The fourth-order valence-electron chi connectivity index (χ4n) is 1.31. The third kappa shape index (κ3) is 4.73. The average Bonchev–Trinajstić information content (AvgIpc) is 2.27. The van der Waals surface area contributed by atoms with Crippen LogP contribution < -0.4 is 10.1 Å². The minimum atomic E-state index is 0.218. The van der Waals surface area contributed by atoms with Crippen LogP contribution in [0.25, 0.3) is 0 Å². The van der Waals surface area contributed by atoms with E-state index in [0.29, 0.717) is 12.0 Å². The van der Waals surface area contributed by atoms with E-state index >= 15 is 0 Å². The number of ether oxygens (including phenoxy) is 1. The molecular formula is C14H24N2O. The Kier molecular flexibility index (Phi) is 5.42. The lowest BCUT2D eigenvalue weighted by Gasteiger charge is -2.20. The van der Waals surface area contributed by atoms with Gasteiger partial charge in [-0.15, -0.1) is 0 Å². The molecule has 1 rings (SSSR count). The number of nitrogens with zero attached hydrogens (tertiary/aromatic N) is 1. The SMILES string of the molecule is CC(C)NCc1cnccc1OC(C)C(C)C. The first-order valence-corrected chi connectivity index (χ1v) is 6.33. The molecule has 0 radical (unpaired) electrons. The fourth-order valence-corrected chi connectivity index (χ4v) is 1.31. The van der Waals surface area contributed by atoms with Gasteiger partial charge in [0.05, 0.1) is 6.10 Å². The summed E-state index contributed by atoms with van der Waals surface area (Å²) in [5.41, 5.74) is 1.12. The first-order chi connectivity index (χ1) is 8.00. The summed E-state index contributed by atoms with van der Waals surface area (Å²) in [6.07, 6.45) is 3.87. The van der Waals surface area contributed by atoms with Gasteiger partial charge >= 0.3 is 0 Å². The molecule has 0 fully saturated rings. The van der Waals surface area contributed by atoms with Crippen molar-refractivity contribution in [1.29, 1.82) is 0 Å². The lowest BCUT2D eigenvalue weighted by Crippen LogP contribution is -2.24. The van der Waals surface area contributed by atoms with E-state index in [9.17, 15) is 0 Å². The Bertz CT molecular complexity index is 337. The molecular weight excluding hydrogens is 212 g/mol. The van der Waals surface area contributed by atoms with Crippen molar-refractivity contribution in [3.8, 4) is 5.75 Å². The van der Waals surface area contributed by atoms with Gasteiger partial charge in [-0.25, -0.2) is 0 Å². The van der Waals surface area contributed by atoms with Crippen LogP contribution in [-0.2, 0) is 6.54 Å². The zero-order valence-electron chi connectivity index (χ0n) is 11.5. The number of pyridine rings is 1. The Morgan fingerprint density at radius 2 is 1.94 bits per heavy atom. The summed E-state index contributed by atoms with van der Waals surface area (Å²) in [4.78, 5) is 4.16. The third-order valence-electron chi connectivity index (χ3n) is 2.81. The standard InChI is InChI=1S/C14H24N2O/c1-10(2)12(5)17-14-6-7-15-8-13(14)9-16-11(3)4/h6-8,10-12,16H,9H2,1-5H3. The second kappa shape index (κ2) is 6.60. The van der Waals surface area contributed by atoms with Crippen molar-refractivity contribution < 1.29 is 4.74 Å². The Hall–Kier alpha value is -1.09. The van der Waals surface area contributed by atoms with E-state index in [-0.39, 0.29) is 6.10 Å². The topological polar surface area (TPSA) is 34.2 Å². The predicted octanol–water partition coefficient (Wildman–Crippen LogP) is 3.00. The molecule has 0 spiro atoms. The van der Waals surface area contributed by atoms with E-state index in [1.54, 1.807) is 6.20 Å². The molecule has 96 valence electrons. The molecule has 1 aromatic heterocycles. The van der Waals surface area contributed by atoms with Gasteiger partial charge in [0.1, 0.15) is 5.75 Å². The molecule has 1 N–H and O–H groups in total. The summed E-state index contributed by atoms with van der Waals surface area (Å²) in [6.45, 7) is 11.5. The van der Waals surface area contributed by atoms with Gasteiger partial charge in [0.25, 0.3) is 0 Å². The maximum Gasteiger partial charge on any atom is 0.127 e. The van der Waals surface area contributed by atoms with E-state index in [2.05, 4.69) is 44.9 Å². The molecule has 0 bridgehead atoms. The van der Waals surface area contributed by atoms with Gasteiger partial charge in [0, 0.05) is 30.5 Å². The van der Waals surface area contributed by atoms with Gasteiger partial charge in [0.15, 0.2) is 0 Å². The normalized spacial score (nSPS) is 13.1. The molecule has 0 aromatic carbocycles. The molecule has 17 heavy (non-hydrogen) atoms. The quantitative estimate of drug-likeness (QED) is 0.824. The number of aromatic nitrogens is 1. The molecule has 3 heteroatoms. The average molecular weight is 236 g/mol. The molecule has 0 amide bonds. The molecule has 1 atom stereocenters. The van der Waals surface area contributed by atoms with Crippen LogP contribution >= 0.6 is 0 Å². The van der Waals surface area contributed by atoms with Crippen LogP contribution in [0, 0.1) is 5.92 Å². The van der Waals surface area contributed by atoms with Gasteiger partial charge in [-0.1, -0.05) is 27.7 Å². The highest BCUT2D eigenvalue weighted by Gasteiger charge is 2.11. The number of hydrogen-bond donors (Lipinski definition) is 1. The molecule has 0 saturated carbocycles. The highest BCUT2D eigenvalue weighted by Crippen LogP contribution is 2.20. The van der Waals surface area contributed by atoms with Gasteiger partial charge in [0.2, 0.25) is 0 Å². The molecule has 0 aliphatic carbocycles. The summed E-state index contributed by atoms with van der Waals surface area (Å²) in [5.74, 6) is 1.45. The van der Waals surface area contributed by atoms with Crippen LogP contribution in [0.15, 0.2) is 18.5 Å². The fraction of sp³-hybridized carbons (Fsp3) is 0.643. The minimum Gasteiger partial charge on any atom is -0.490 e. The second-order valence-corrected chi connectivity index (χ2v) is 5.09.